The second kappa shape index (κ2) is 8.65. The summed E-state index contributed by atoms with van der Waals surface area (Å²) in [5.74, 6) is 0. The van der Waals surface area contributed by atoms with Gasteiger partial charge in [-0.2, -0.15) is 0 Å². The van der Waals surface area contributed by atoms with Gasteiger partial charge in [-0.1, -0.05) is 66.6 Å². The molecule has 3 nitrogen and oxygen atoms in total. The van der Waals surface area contributed by atoms with Gasteiger partial charge in [-0.15, -0.1) is 23.8 Å². The fourth-order valence-corrected chi connectivity index (χ4v) is 3.64. The molecule has 2 N–H and O–H groups in total. The molecule has 5 rings (SSSR count). The molecule has 0 spiro atoms. The van der Waals surface area contributed by atoms with Gasteiger partial charge in [0.2, 0.25) is 0 Å². The summed E-state index contributed by atoms with van der Waals surface area (Å²) < 4.78 is 0. The first kappa shape index (κ1) is 20.9. The van der Waals surface area contributed by atoms with Crippen molar-refractivity contribution in [3.8, 4) is 22.5 Å². The van der Waals surface area contributed by atoms with Gasteiger partial charge in [0.15, 0.2) is 0 Å². The first-order valence-corrected chi connectivity index (χ1v) is 9.02. The molecule has 3 aromatic carbocycles. The van der Waals surface area contributed by atoms with E-state index in [0.29, 0.717) is 0 Å². The van der Waals surface area contributed by atoms with Crippen LogP contribution in [0.4, 0.5) is 0 Å². The van der Waals surface area contributed by atoms with Crippen molar-refractivity contribution in [2.75, 3.05) is 0 Å². The van der Waals surface area contributed by atoms with Crippen LogP contribution < -0.4 is 0 Å². The second-order valence-corrected chi connectivity index (χ2v) is 6.75. The average molecular weight is 559 g/mol. The summed E-state index contributed by atoms with van der Waals surface area (Å²) in [4.78, 5) is 9.33. The maximum Gasteiger partial charge on any atom is 0.0189 e. The number of nitrogens with zero attached hydrogens (tertiary/aromatic N) is 2. The van der Waals surface area contributed by atoms with E-state index < -0.39 is 0 Å². The second-order valence-electron chi connectivity index (χ2n) is 6.75. The molecule has 29 heavy (non-hydrogen) atoms. The van der Waals surface area contributed by atoms with Crippen molar-refractivity contribution >= 4 is 21.5 Å². The fourth-order valence-electron chi connectivity index (χ4n) is 3.64. The summed E-state index contributed by atoms with van der Waals surface area (Å²) in [6.07, 6.45) is 3.73. The van der Waals surface area contributed by atoms with Crippen LogP contribution in [-0.4, -0.2) is 15.4 Å². The maximum atomic E-state index is 4.66. The Balaban J connectivity index is 0.00000120. The Hall–Kier alpha value is -2.87. The Labute approximate surface area is 184 Å². The van der Waals surface area contributed by atoms with Gasteiger partial charge in [-0.3, -0.25) is 9.97 Å². The summed E-state index contributed by atoms with van der Waals surface area (Å²) >= 11 is 0. The predicted molar refractivity (Wildman–Crippen MR) is 115 cm³/mol. The SMILES string of the molecule is Cc1cc(-c2nccc3ccccc23)[c-]c(-c2nccc3ccccc23)c1.O.[Pt]. The molecule has 0 saturated heterocycles. The zero-order valence-electron chi connectivity index (χ0n) is 15.8. The molecule has 2 aromatic heterocycles. The molecule has 0 radical (unpaired) electrons. The summed E-state index contributed by atoms with van der Waals surface area (Å²) in [6, 6.07) is 28.6. The van der Waals surface area contributed by atoms with Crippen LogP contribution >= 0.6 is 0 Å². The summed E-state index contributed by atoms with van der Waals surface area (Å²) in [5, 5.41) is 4.64. The predicted octanol–water partition coefficient (Wildman–Crippen LogP) is 5.40. The third-order valence-corrected chi connectivity index (χ3v) is 4.87. The fraction of sp³-hybridized carbons (Fsp3) is 0.0400. The van der Waals surface area contributed by atoms with Gasteiger partial charge < -0.3 is 5.48 Å². The number of fused-ring (bicyclic) bond motifs is 2. The van der Waals surface area contributed by atoms with E-state index in [9.17, 15) is 0 Å². The van der Waals surface area contributed by atoms with Crippen molar-refractivity contribution in [3.05, 3.63) is 96.8 Å². The summed E-state index contributed by atoms with van der Waals surface area (Å²) in [6.45, 7) is 2.11. The van der Waals surface area contributed by atoms with E-state index in [-0.39, 0.29) is 26.5 Å². The monoisotopic (exact) mass is 558 g/mol. The van der Waals surface area contributed by atoms with E-state index in [0.717, 1.165) is 33.3 Å². The molecule has 2 heterocycles. The summed E-state index contributed by atoms with van der Waals surface area (Å²) in [5.41, 5.74) is 5.08. The van der Waals surface area contributed by atoms with Crippen molar-refractivity contribution in [2.45, 2.75) is 6.92 Å². The normalized spacial score (nSPS) is 10.4. The van der Waals surface area contributed by atoms with Crippen LogP contribution in [0.3, 0.4) is 0 Å². The molecule has 0 fully saturated rings. The Morgan fingerprint density at radius 1 is 0.655 bits per heavy atom. The minimum absolute atomic E-state index is 0. The number of pyridine rings is 2. The Kier molecular flexibility index (Phi) is 6.22. The van der Waals surface area contributed by atoms with Crippen LogP contribution in [0, 0.1) is 13.0 Å². The van der Waals surface area contributed by atoms with E-state index in [1.54, 1.807) is 0 Å². The van der Waals surface area contributed by atoms with Crippen molar-refractivity contribution < 1.29 is 26.5 Å². The van der Waals surface area contributed by atoms with Crippen LogP contribution in [0.1, 0.15) is 5.56 Å². The summed E-state index contributed by atoms with van der Waals surface area (Å²) in [7, 11) is 0. The first-order chi connectivity index (χ1) is 13.3. The van der Waals surface area contributed by atoms with Crippen molar-refractivity contribution in [1.29, 1.82) is 0 Å². The van der Waals surface area contributed by atoms with Gasteiger partial charge in [0.25, 0.3) is 0 Å². The number of hydrogen-bond acceptors (Lipinski definition) is 2. The standard InChI is InChI=1S/C25H17N2.H2O.Pt/c1-17-14-20(24-22-8-4-2-6-18(22)10-12-26-24)16-21(15-17)25-23-9-5-3-7-19(23)11-13-27-25;;/h2-15H,1H3;1H2;/q-1;;. The van der Waals surface area contributed by atoms with Gasteiger partial charge >= 0.3 is 0 Å². The van der Waals surface area contributed by atoms with E-state index in [2.05, 4.69) is 83.6 Å². The topological polar surface area (TPSA) is 57.3 Å². The Morgan fingerprint density at radius 3 is 1.59 bits per heavy atom. The van der Waals surface area contributed by atoms with Gasteiger partial charge in [0.1, 0.15) is 0 Å². The van der Waals surface area contributed by atoms with Crippen LogP contribution in [0.25, 0.3) is 44.1 Å². The third-order valence-electron chi connectivity index (χ3n) is 4.87. The zero-order chi connectivity index (χ0) is 18.2. The van der Waals surface area contributed by atoms with Crippen LogP contribution in [0.15, 0.2) is 85.2 Å². The van der Waals surface area contributed by atoms with Gasteiger partial charge in [-0.25, -0.2) is 0 Å². The van der Waals surface area contributed by atoms with Gasteiger partial charge in [-0.05, 0) is 33.7 Å². The first-order valence-electron chi connectivity index (χ1n) is 9.02. The van der Waals surface area contributed by atoms with E-state index in [1.165, 1.54) is 16.3 Å². The molecule has 0 aliphatic rings. The number of benzene rings is 3. The number of hydrogen-bond donors (Lipinski definition) is 0. The molecule has 0 amide bonds. The van der Waals surface area contributed by atoms with Gasteiger partial charge in [0.05, 0.1) is 0 Å². The van der Waals surface area contributed by atoms with Crippen molar-refractivity contribution in [1.82, 2.24) is 9.97 Å². The molecular weight excluding hydrogens is 539 g/mol. The van der Waals surface area contributed by atoms with E-state index in [1.807, 2.05) is 24.5 Å². The molecule has 146 valence electrons. The Bertz CT molecular complexity index is 1190. The number of rotatable bonds is 2. The molecule has 4 heteroatoms. The third kappa shape index (κ3) is 3.84. The van der Waals surface area contributed by atoms with Gasteiger partial charge in [0, 0.05) is 44.8 Å². The van der Waals surface area contributed by atoms with Crippen molar-refractivity contribution in [2.24, 2.45) is 0 Å². The number of aromatic nitrogens is 2. The molecule has 0 saturated carbocycles. The van der Waals surface area contributed by atoms with Crippen LogP contribution in [-0.2, 0) is 21.1 Å². The minimum Gasteiger partial charge on any atom is -0.412 e. The quantitative estimate of drug-likeness (QED) is 0.273. The molecule has 5 aromatic rings. The van der Waals surface area contributed by atoms with E-state index in [4.69, 9.17) is 0 Å². The van der Waals surface area contributed by atoms with Crippen LogP contribution in [0.2, 0.25) is 0 Å². The maximum absolute atomic E-state index is 4.66. The average Bonchev–Trinajstić information content (AvgIpc) is 2.72. The molecular formula is C25H19N2OPt-. The van der Waals surface area contributed by atoms with Crippen molar-refractivity contribution in [3.63, 3.8) is 0 Å². The largest absolute Gasteiger partial charge is 0.412 e. The number of aryl methyl sites for hydroxylation is 1. The van der Waals surface area contributed by atoms with E-state index >= 15 is 0 Å². The Morgan fingerprint density at radius 2 is 1.10 bits per heavy atom. The molecule has 0 atom stereocenters. The minimum atomic E-state index is 0. The van der Waals surface area contributed by atoms with Crippen LogP contribution in [0.5, 0.6) is 0 Å². The molecule has 0 unspecified atom stereocenters. The molecule has 0 aliphatic heterocycles. The smallest absolute Gasteiger partial charge is 0.0189 e. The zero-order valence-corrected chi connectivity index (χ0v) is 18.1. The molecule has 0 bridgehead atoms. The molecule has 0 aliphatic carbocycles.